The fourth-order valence-corrected chi connectivity index (χ4v) is 2.77. The van der Waals surface area contributed by atoms with Gasteiger partial charge in [-0.3, -0.25) is 5.43 Å². The molecule has 0 saturated carbocycles. The van der Waals surface area contributed by atoms with Crippen LogP contribution in [0.4, 0.5) is 17.8 Å². The third-order valence-electron chi connectivity index (χ3n) is 4.01. The van der Waals surface area contributed by atoms with E-state index in [2.05, 4.69) is 37.1 Å². The molecule has 0 aliphatic carbocycles. The third-order valence-corrected chi connectivity index (χ3v) is 4.01. The van der Waals surface area contributed by atoms with Crippen LogP contribution in [-0.4, -0.2) is 53.8 Å². The van der Waals surface area contributed by atoms with Crippen molar-refractivity contribution in [1.29, 1.82) is 0 Å². The first-order valence-electron chi connectivity index (χ1n) is 7.64. The lowest BCUT2D eigenvalue weighted by molar-refractivity contribution is 0.0379. The van der Waals surface area contributed by atoms with Crippen LogP contribution < -0.4 is 21.1 Å². The predicted molar refractivity (Wildman–Crippen MR) is 81.3 cm³/mol. The van der Waals surface area contributed by atoms with Crippen LogP contribution in [0.1, 0.15) is 26.2 Å². The van der Waals surface area contributed by atoms with Crippen LogP contribution in [0.15, 0.2) is 0 Å². The van der Waals surface area contributed by atoms with Crippen LogP contribution in [0.5, 0.6) is 0 Å². The van der Waals surface area contributed by atoms with Gasteiger partial charge >= 0.3 is 0 Å². The Labute approximate surface area is 124 Å². The van der Waals surface area contributed by atoms with Crippen molar-refractivity contribution in [1.82, 2.24) is 15.0 Å². The Morgan fingerprint density at radius 3 is 2.52 bits per heavy atom. The molecule has 3 N–H and O–H groups in total. The number of anilines is 3. The highest BCUT2D eigenvalue weighted by atomic mass is 16.5. The number of nitrogens with two attached hydrogens (primary N) is 1. The van der Waals surface area contributed by atoms with Crippen LogP contribution in [0.25, 0.3) is 0 Å². The van der Waals surface area contributed by atoms with Gasteiger partial charge in [0.2, 0.25) is 17.8 Å². The number of aromatic nitrogens is 3. The minimum Gasteiger partial charge on any atom is -0.375 e. The van der Waals surface area contributed by atoms with Gasteiger partial charge in [0.25, 0.3) is 0 Å². The van der Waals surface area contributed by atoms with Crippen LogP contribution in [0, 0.1) is 0 Å². The molecule has 3 heterocycles. The summed E-state index contributed by atoms with van der Waals surface area (Å²) in [6.07, 6.45) is 3.59. The van der Waals surface area contributed by atoms with E-state index in [1.54, 1.807) is 0 Å². The molecule has 3 rings (SSSR count). The van der Waals surface area contributed by atoms with Crippen molar-refractivity contribution in [3.05, 3.63) is 0 Å². The molecule has 2 saturated heterocycles. The topological polar surface area (TPSA) is 92.4 Å². The molecule has 1 aromatic heterocycles. The van der Waals surface area contributed by atoms with Gasteiger partial charge in [-0.15, -0.1) is 0 Å². The number of nitrogens with one attached hydrogen (secondary N) is 1. The molecule has 0 spiro atoms. The summed E-state index contributed by atoms with van der Waals surface area (Å²) in [6, 6.07) is 0. The lowest BCUT2D eigenvalue weighted by Crippen LogP contribution is -2.43. The fraction of sp³-hybridized carbons (Fsp3) is 0.769. The summed E-state index contributed by atoms with van der Waals surface area (Å²) in [4.78, 5) is 17.7. The first-order valence-corrected chi connectivity index (χ1v) is 7.64. The van der Waals surface area contributed by atoms with Crippen LogP contribution in [0.3, 0.4) is 0 Å². The molecule has 0 aromatic carbocycles. The Balaban J connectivity index is 1.84. The molecule has 0 amide bonds. The van der Waals surface area contributed by atoms with E-state index in [-0.39, 0.29) is 6.10 Å². The second-order valence-corrected chi connectivity index (χ2v) is 5.44. The molecule has 2 fully saturated rings. The average molecular weight is 293 g/mol. The highest BCUT2D eigenvalue weighted by molar-refractivity contribution is 5.45. The summed E-state index contributed by atoms with van der Waals surface area (Å²) in [7, 11) is 0. The Bertz CT molecular complexity index is 478. The summed E-state index contributed by atoms with van der Waals surface area (Å²) in [5.74, 6) is 7.32. The normalized spacial score (nSPS) is 22.7. The zero-order valence-electron chi connectivity index (χ0n) is 12.5. The molecule has 1 atom stereocenters. The van der Waals surface area contributed by atoms with Crippen molar-refractivity contribution in [3.8, 4) is 0 Å². The van der Waals surface area contributed by atoms with Gasteiger partial charge in [0, 0.05) is 26.2 Å². The van der Waals surface area contributed by atoms with Gasteiger partial charge in [0.15, 0.2) is 0 Å². The highest BCUT2D eigenvalue weighted by Crippen LogP contribution is 2.21. The zero-order chi connectivity index (χ0) is 14.7. The van der Waals surface area contributed by atoms with Crippen LogP contribution in [-0.2, 0) is 4.74 Å². The number of morpholine rings is 1. The molecular formula is C13H23N7O. The number of ether oxygens (including phenoxy) is 1. The lowest BCUT2D eigenvalue weighted by Gasteiger charge is -2.32. The van der Waals surface area contributed by atoms with E-state index >= 15 is 0 Å². The molecule has 2 aliphatic heterocycles. The Morgan fingerprint density at radius 1 is 1.14 bits per heavy atom. The van der Waals surface area contributed by atoms with Crippen molar-refractivity contribution in [2.24, 2.45) is 5.84 Å². The average Bonchev–Trinajstić information content (AvgIpc) is 3.09. The van der Waals surface area contributed by atoms with E-state index in [4.69, 9.17) is 10.6 Å². The van der Waals surface area contributed by atoms with Gasteiger partial charge in [-0.25, -0.2) is 5.84 Å². The minimum atomic E-state index is 0.236. The van der Waals surface area contributed by atoms with E-state index in [1.165, 1.54) is 12.8 Å². The van der Waals surface area contributed by atoms with Crippen molar-refractivity contribution in [2.45, 2.75) is 32.3 Å². The molecule has 1 unspecified atom stereocenters. The van der Waals surface area contributed by atoms with Gasteiger partial charge in [0.05, 0.1) is 12.7 Å². The van der Waals surface area contributed by atoms with E-state index in [0.717, 1.165) is 32.6 Å². The quantitative estimate of drug-likeness (QED) is 0.608. The number of rotatable bonds is 4. The summed E-state index contributed by atoms with van der Waals surface area (Å²) >= 11 is 0. The van der Waals surface area contributed by atoms with Crippen molar-refractivity contribution >= 4 is 17.8 Å². The third kappa shape index (κ3) is 3.16. The molecular weight excluding hydrogens is 270 g/mol. The summed E-state index contributed by atoms with van der Waals surface area (Å²) in [5, 5.41) is 0. The highest BCUT2D eigenvalue weighted by Gasteiger charge is 2.24. The first kappa shape index (κ1) is 14.3. The second kappa shape index (κ2) is 6.40. The van der Waals surface area contributed by atoms with Crippen LogP contribution >= 0.6 is 0 Å². The maximum atomic E-state index is 5.70. The molecule has 116 valence electrons. The molecule has 21 heavy (non-hydrogen) atoms. The Hall–Kier alpha value is -1.67. The Kier molecular flexibility index (Phi) is 4.35. The zero-order valence-corrected chi connectivity index (χ0v) is 12.5. The monoisotopic (exact) mass is 293 g/mol. The van der Waals surface area contributed by atoms with Gasteiger partial charge in [-0.2, -0.15) is 15.0 Å². The van der Waals surface area contributed by atoms with E-state index in [0.29, 0.717) is 24.5 Å². The summed E-state index contributed by atoms with van der Waals surface area (Å²) < 4.78 is 5.70. The lowest BCUT2D eigenvalue weighted by atomic mass is 10.2. The maximum absolute atomic E-state index is 5.70. The first-order chi connectivity index (χ1) is 10.3. The molecule has 8 nitrogen and oxygen atoms in total. The maximum Gasteiger partial charge on any atom is 0.243 e. The van der Waals surface area contributed by atoms with E-state index in [9.17, 15) is 0 Å². The van der Waals surface area contributed by atoms with Crippen molar-refractivity contribution in [3.63, 3.8) is 0 Å². The van der Waals surface area contributed by atoms with Crippen LogP contribution in [0.2, 0.25) is 0 Å². The largest absolute Gasteiger partial charge is 0.375 e. The predicted octanol–water partition coefficient (Wildman–Crippen LogP) is 0.373. The van der Waals surface area contributed by atoms with Crippen molar-refractivity contribution in [2.75, 3.05) is 48.0 Å². The fourth-order valence-electron chi connectivity index (χ4n) is 2.77. The number of hydrazine groups is 1. The van der Waals surface area contributed by atoms with E-state index in [1.807, 2.05) is 0 Å². The summed E-state index contributed by atoms with van der Waals surface area (Å²) in [5.41, 5.74) is 2.55. The standard InChI is InChI=1S/C13H23N7O/c1-2-10-9-20(7-8-21-10)13-16-11(18-14)15-12(17-13)19-5-3-4-6-19/h10H,2-9,14H2,1H3,(H,15,16,17,18). The molecule has 1 aromatic rings. The molecule has 0 bridgehead atoms. The van der Waals surface area contributed by atoms with Gasteiger partial charge in [0.1, 0.15) is 0 Å². The minimum absolute atomic E-state index is 0.236. The number of nitrogen functional groups attached to an aromatic ring is 1. The summed E-state index contributed by atoms with van der Waals surface area (Å²) in [6.45, 7) is 6.43. The SMILES string of the molecule is CCC1CN(c2nc(NN)nc(N3CCCC3)n2)CCO1. The molecule has 0 radical (unpaired) electrons. The Morgan fingerprint density at radius 2 is 1.86 bits per heavy atom. The van der Waals surface area contributed by atoms with Crippen molar-refractivity contribution < 1.29 is 4.74 Å². The number of hydrogen-bond donors (Lipinski definition) is 2. The number of hydrogen-bond acceptors (Lipinski definition) is 8. The molecule has 2 aliphatic rings. The van der Waals surface area contributed by atoms with Gasteiger partial charge < -0.3 is 14.5 Å². The second-order valence-electron chi connectivity index (χ2n) is 5.44. The smallest absolute Gasteiger partial charge is 0.243 e. The van der Waals surface area contributed by atoms with Gasteiger partial charge in [-0.05, 0) is 19.3 Å². The van der Waals surface area contributed by atoms with E-state index < -0.39 is 0 Å². The molecule has 8 heteroatoms. The number of nitrogens with zero attached hydrogens (tertiary/aromatic N) is 5. The van der Waals surface area contributed by atoms with Gasteiger partial charge in [-0.1, -0.05) is 6.92 Å².